The Morgan fingerprint density at radius 3 is 2.47 bits per heavy atom. The molecule has 0 aliphatic carbocycles. The van der Waals surface area contributed by atoms with Gasteiger partial charge >= 0.3 is 0 Å². The molecular formula is C16H23NO2. The van der Waals surface area contributed by atoms with Crippen LogP contribution in [0.3, 0.4) is 0 Å². The standard InChI is InChI=1S/C16H23NO2/c1-16(2,3)11-9-15(19)17-14(10-12-18)13-7-5-4-6-8-13/h4-9,11,14,18H,10,12H2,1-3H3,(H,17,19)/b11-9+. The second kappa shape index (κ2) is 7.10. The van der Waals surface area contributed by atoms with E-state index in [4.69, 9.17) is 5.11 Å². The highest BCUT2D eigenvalue weighted by Crippen LogP contribution is 2.17. The van der Waals surface area contributed by atoms with Crippen LogP contribution in [0.25, 0.3) is 0 Å². The lowest BCUT2D eigenvalue weighted by atomic mass is 9.96. The lowest BCUT2D eigenvalue weighted by Gasteiger charge is -2.18. The third-order valence-corrected chi connectivity index (χ3v) is 2.67. The van der Waals surface area contributed by atoms with Gasteiger partial charge < -0.3 is 10.4 Å². The molecule has 1 unspecified atom stereocenters. The summed E-state index contributed by atoms with van der Waals surface area (Å²) in [5, 5.41) is 12.0. The fraction of sp³-hybridized carbons (Fsp3) is 0.438. The van der Waals surface area contributed by atoms with Gasteiger partial charge in [0, 0.05) is 6.61 Å². The number of aliphatic hydroxyl groups excluding tert-OH is 1. The van der Waals surface area contributed by atoms with E-state index in [0.717, 1.165) is 5.56 Å². The van der Waals surface area contributed by atoms with Crippen molar-refractivity contribution in [3.05, 3.63) is 48.0 Å². The van der Waals surface area contributed by atoms with Gasteiger partial charge in [-0.2, -0.15) is 0 Å². The number of carbonyl (C=O) groups is 1. The molecule has 0 heterocycles. The number of hydrogen-bond acceptors (Lipinski definition) is 2. The van der Waals surface area contributed by atoms with Crippen LogP contribution >= 0.6 is 0 Å². The zero-order valence-corrected chi connectivity index (χ0v) is 11.9. The molecule has 3 heteroatoms. The van der Waals surface area contributed by atoms with E-state index in [0.29, 0.717) is 6.42 Å². The maximum Gasteiger partial charge on any atom is 0.244 e. The molecule has 0 saturated heterocycles. The van der Waals surface area contributed by atoms with Crippen molar-refractivity contribution in [2.75, 3.05) is 6.61 Å². The Morgan fingerprint density at radius 2 is 1.95 bits per heavy atom. The minimum atomic E-state index is -0.150. The van der Waals surface area contributed by atoms with Crippen LogP contribution in [-0.4, -0.2) is 17.6 Å². The van der Waals surface area contributed by atoms with Crippen LogP contribution < -0.4 is 5.32 Å². The number of aliphatic hydroxyl groups is 1. The summed E-state index contributed by atoms with van der Waals surface area (Å²) in [7, 11) is 0. The second-order valence-corrected chi connectivity index (χ2v) is 5.68. The van der Waals surface area contributed by atoms with Gasteiger partial charge in [0.15, 0.2) is 0 Å². The summed E-state index contributed by atoms with van der Waals surface area (Å²) in [6.45, 7) is 6.17. The Bertz CT molecular complexity index is 418. The minimum absolute atomic E-state index is 0.0173. The highest BCUT2D eigenvalue weighted by Gasteiger charge is 2.13. The van der Waals surface area contributed by atoms with Gasteiger partial charge in [0.25, 0.3) is 0 Å². The van der Waals surface area contributed by atoms with E-state index < -0.39 is 0 Å². The van der Waals surface area contributed by atoms with Gasteiger partial charge in [-0.05, 0) is 23.5 Å². The smallest absolute Gasteiger partial charge is 0.244 e. The lowest BCUT2D eigenvalue weighted by Crippen LogP contribution is -2.27. The predicted molar refractivity (Wildman–Crippen MR) is 77.6 cm³/mol. The molecular weight excluding hydrogens is 238 g/mol. The molecule has 0 aromatic heterocycles. The number of hydrogen-bond donors (Lipinski definition) is 2. The summed E-state index contributed by atoms with van der Waals surface area (Å²) in [6, 6.07) is 9.54. The third kappa shape index (κ3) is 6.20. The van der Waals surface area contributed by atoms with E-state index in [1.54, 1.807) is 6.08 Å². The molecule has 104 valence electrons. The number of allylic oxidation sites excluding steroid dienone is 1. The van der Waals surface area contributed by atoms with Crippen LogP contribution in [0.5, 0.6) is 0 Å². The van der Waals surface area contributed by atoms with E-state index in [2.05, 4.69) is 5.32 Å². The normalized spacial score (nSPS) is 13.5. The highest BCUT2D eigenvalue weighted by molar-refractivity contribution is 5.87. The van der Waals surface area contributed by atoms with Crippen molar-refractivity contribution < 1.29 is 9.90 Å². The summed E-state index contributed by atoms with van der Waals surface area (Å²) in [6.07, 6.45) is 3.95. The Morgan fingerprint density at radius 1 is 1.32 bits per heavy atom. The fourth-order valence-electron chi connectivity index (χ4n) is 1.68. The van der Waals surface area contributed by atoms with Crippen molar-refractivity contribution in [2.45, 2.75) is 33.2 Å². The lowest BCUT2D eigenvalue weighted by molar-refractivity contribution is -0.117. The highest BCUT2D eigenvalue weighted by atomic mass is 16.3. The molecule has 1 atom stereocenters. The first-order valence-corrected chi connectivity index (χ1v) is 6.58. The maximum atomic E-state index is 11.9. The molecule has 1 amide bonds. The summed E-state index contributed by atoms with van der Waals surface area (Å²) in [4.78, 5) is 11.9. The largest absolute Gasteiger partial charge is 0.396 e. The molecule has 0 spiro atoms. The van der Waals surface area contributed by atoms with E-state index >= 15 is 0 Å². The van der Waals surface area contributed by atoms with Crippen molar-refractivity contribution in [3.63, 3.8) is 0 Å². The van der Waals surface area contributed by atoms with E-state index in [-0.39, 0.29) is 24.0 Å². The molecule has 1 rings (SSSR count). The Labute approximate surface area is 115 Å². The first-order valence-electron chi connectivity index (χ1n) is 6.58. The number of carbonyl (C=O) groups excluding carboxylic acids is 1. The number of benzene rings is 1. The summed E-state index contributed by atoms with van der Waals surface area (Å²) in [5.74, 6) is -0.128. The molecule has 1 aromatic carbocycles. The molecule has 0 fully saturated rings. The van der Waals surface area contributed by atoms with Crippen LogP contribution in [0.15, 0.2) is 42.5 Å². The summed E-state index contributed by atoms with van der Waals surface area (Å²) in [5.41, 5.74) is 0.991. The van der Waals surface area contributed by atoms with Crippen LogP contribution in [0, 0.1) is 5.41 Å². The Balaban J connectivity index is 2.70. The van der Waals surface area contributed by atoms with Gasteiger partial charge in [-0.1, -0.05) is 57.2 Å². The molecule has 1 aromatic rings. The van der Waals surface area contributed by atoms with E-state index in [1.807, 2.05) is 57.2 Å². The van der Waals surface area contributed by atoms with Crippen LogP contribution in [0.1, 0.15) is 38.8 Å². The Kier molecular flexibility index (Phi) is 5.77. The van der Waals surface area contributed by atoms with Crippen molar-refractivity contribution in [1.29, 1.82) is 0 Å². The van der Waals surface area contributed by atoms with Crippen LogP contribution in [0.2, 0.25) is 0 Å². The van der Waals surface area contributed by atoms with Gasteiger partial charge in [0.2, 0.25) is 5.91 Å². The second-order valence-electron chi connectivity index (χ2n) is 5.68. The minimum Gasteiger partial charge on any atom is -0.396 e. The summed E-state index contributed by atoms with van der Waals surface area (Å²) >= 11 is 0. The molecule has 0 saturated carbocycles. The topological polar surface area (TPSA) is 49.3 Å². The van der Waals surface area contributed by atoms with Gasteiger partial charge in [0.05, 0.1) is 6.04 Å². The molecule has 2 N–H and O–H groups in total. The molecule has 3 nitrogen and oxygen atoms in total. The number of amides is 1. The van der Waals surface area contributed by atoms with Crippen LogP contribution in [0.4, 0.5) is 0 Å². The fourth-order valence-corrected chi connectivity index (χ4v) is 1.68. The third-order valence-electron chi connectivity index (χ3n) is 2.67. The molecule has 0 bridgehead atoms. The summed E-state index contributed by atoms with van der Waals surface area (Å²) < 4.78 is 0. The SMILES string of the molecule is CC(C)(C)/C=C/C(=O)NC(CCO)c1ccccc1. The van der Waals surface area contributed by atoms with E-state index in [1.165, 1.54) is 0 Å². The average molecular weight is 261 g/mol. The zero-order chi connectivity index (χ0) is 14.3. The predicted octanol–water partition coefficient (Wildman–Crippen LogP) is 2.83. The van der Waals surface area contributed by atoms with Gasteiger partial charge in [-0.3, -0.25) is 4.79 Å². The monoisotopic (exact) mass is 261 g/mol. The van der Waals surface area contributed by atoms with E-state index in [9.17, 15) is 4.79 Å². The average Bonchev–Trinajstić information content (AvgIpc) is 2.36. The maximum absolute atomic E-state index is 11.9. The van der Waals surface area contributed by atoms with Crippen molar-refractivity contribution in [2.24, 2.45) is 5.41 Å². The van der Waals surface area contributed by atoms with Gasteiger partial charge in [0.1, 0.15) is 0 Å². The van der Waals surface area contributed by atoms with Gasteiger partial charge in [-0.25, -0.2) is 0 Å². The molecule has 0 radical (unpaired) electrons. The first-order chi connectivity index (χ1) is 8.92. The quantitative estimate of drug-likeness (QED) is 0.801. The van der Waals surface area contributed by atoms with Crippen LogP contribution in [-0.2, 0) is 4.79 Å². The molecule has 0 aliphatic heterocycles. The van der Waals surface area contributed by atoms with Gasteiger partial charge in [-0.15, -0.1) is 0 Å². The van der Waals surface area contributed by atoms with Crippen molar-refractivity contribution >= 4 is 5.91 Å². The first kappa shape index (κ1) is 15.4. The number of rotatable bonds is 5. The van der Waals surface area contributed by atoms with Crippen molar-refractivity contribution in [3.8, 4) is 0 Å². The Hall–Kier alpha value is -1.61. The van der Waals surface area contributed by atoms with Crippen molar-refractivity contribution in [1.82, 2.24) is 5.32 Å². The zero-order valence-electron chi connectivity index (χ0n) is 11.9. The number of nitrogens with one attached hydrogen (secondary N) is 1. The molecule has 0 aliphatic rings. The molecule has 19 heavy (non-hydrogen) atoms.